The molecule has 6 nitrogen and oxygen atoms in total. The van der Waals surface area contributed by atoms with Crippen LogP contribution in [0.15, 0.2) is 34.3 Å². The first-order valence-electron chi connectivity index (χ1n) is 7.19. The average Bonchev–Trinajstić information content (AvgIpc) is 2.47. The highest BCUT2D eigenvalue weighted by atomic mass is 15.4. The number of hydrogen-bond donors (Lipinski definition) is 0. The molecule has 0 aliphatic carbocycles. The highest BCUT2D eigenvalue weighted by Gasteiger charge is 2.19. The van der Waals surface area contributed by atoms with Crippen LogP contribution in [-0.2, 0) is 0 Å². The lowest BCUT2D eigenvalue weighted by Gasteiger charge is -2.32. The van der Waals surface area contributed by atoms with E-state index >= 15 is 0 Å². The number of nitrogens with zero attached hydrogens (tertiary/aromatic N) is 6. The summed E-state index contributed by atoms with van der Waals surface area (Å²) in [5.74, 6) is 1.78. The average molecular weight is 304 g/mol. The van der Waals surface area contributed by atoms with Crippen molar-refractivity contribution in [1.29, 1.82) is 0 Å². The molecule has 1 aromatic carbocycles. The van der Waals surface area contributed by atoms with Crippen LogP contribution >= 0.6 is 0 Å². The molecule has 0 saturated carbocycles. The van der Waals surface area contributed by atoms with Gasteiger partial charge >= 0.3 is 0 Å². The van der Waals surface area contributed by atoms with E-state index in [1.807, 2.05) is 64.2 Å². The third-order valence-corrected chi connectivity index (χ3v) is 3.40. The molecule has 0 spiro atoms. The molecule has 0 saturated heterocycles. The van der Waals surface area contributed by atoms with Crippen molar-refractivity contribution in [2.45, 2.75) is 0 Å². The Morgan fingerprint density at radius 1 is 0.682 bits per heavy atom. The maximum absolute atomic E-state index is 4.37. The predicted octanol–water partition coefficient (Wildman–Crippen LogP) is 1.65. The Kier molecular flexibility index (Phi) is 6.22. The van der Waals surface area contributed by atoms with Crippen LogP contribution in [0.5, 0.6) is 0 Å². The highest BCUT2D eigenvalue weighted by Crippen LogP contribution is 2.28. The molecule has 0 N–H and O–H groups in total. The van der Waals surface area contributed by atoms with E-state index in [0.717, 1.165) is 23.3 Å². The van der Waals surface area contributed by atoms with Gasteiger partial charge in [-0.05, 0) is 12.1 Å². The van der Waals surface area contributed by atoms with Gasteiger partial charge in [-0.3, -0.25) is 9.98 Å². The van der Waals surface area contributed by atoms with E-state index in [0.29, 0.717) is 0 Å². The van der Waals surface area contributed by atoms with Crippen molar-refractivity contribution in [3.8, 4) is 0 Å². The number of guanidine groups is 2. The molecule has 0 radical (unpaired) electrons. The summed E-state index contributed by atoms with van der Waals surface area (Å²) in [6.45, 7) is 0. The molecule has 1 rings (SSSR count). The van der Waals surface area contributed by atoms with Crippen molar-refractivity contribution in [3.05, 3.63) is 24.3 Å². The Morgan fingerprint density at radius 2 is 1.00 bits per heavy atom. The minimum atomic E-state index is 0.890. The molecule has 0 atom stereocenters. The second-order valence-corrected chi connectivity index (χ2v) is 5.44. The second-order valence-electron chi connectivity index (χ2n) is 5.44. The van der Waals surface area contributed by atoms with E-state index in [-0.39, 0.29) is 0 Å². The van der Waals surface area contributed by atoms with Crippen LogP contribution in [0.2, 0.25) is 0 Å². The molecule has 0 aliphatic heterocycles. The standard InChI is InChI=1S/C16H28N6/c1-17-15(19(3)4)21(7)13-11-9-10-12-14(13)22(8)16(18-2)20(5)6/h9-12H,1-8H3. The molecule has 122 valence electrons. The van der Waals surface area contributed by atoms with E-state index in [1.54, 1.807) is 14.1 Å². The molecular weight excluding hydrogens is 276 g/mol. The minimum absolute atomic E-state index is 0.890. The molecule has 1 aromatic rings. The van der Waals surface area contributed by atoms with Crippen LogP contribution in [-0.4, -0.2) is 78.1 Å². The van der Waals surface area contributed by atoms with E-state index in [1.165, 1.54) is 0 Å². The van der Waals surface area contributed by atoms with E-state index < -0.39 is 0 Å². The van der Waals surface area contributed by atoms with Crippen LogP contribution in [0, 0.1) is 0 Å². The molecule has 6 heteroatoms. The van der Waals surface area contributed by atoms with Crippen LogP contribution in [0.1, 0.15) is 0 Å². The van der Waals surface area contributed by atoms with E-state index in [9.17, 15) is 0 Å². The Hall–Kier alpha value is -2.24. The van der Waals surface area contributed by atoms with Crippen LogP contribution < -0.4 is 9.80 Å². The van der Waals surface area contributed by atoms with Crippen LogP contribution in [0.25, 0.3) is 0 Å². The zero-order valence-electron chi connectivity index (χ0n) is 15.0. The minimum Gasteiger partial charge on any atom is -0.349 e. The zero-order chi connectivity index (χ0) is 16.9. The summed E-state index contributed by atoms with van der Waals surface area (Å²) in [4.78, 5) is 16.9. The molecule has 0 fully saturated rings. The summed E-state index contributed by atoms with van der Waals surface area (Å²) in [6.07, 6.45) is 0. The summed E-state index contributed by atoms with van der Waals surface area (Å²) in [6, 6.07) is 8.24. The largest absolute Gasteiger partial charge is 0.349 e. The first-order valence-corrected chi connectivity index (χ1v) is 7.19. The van der Waals surface area contributed by atoms with Gasteiger partial charge in [0.2, 0.25) is 0 Å². The van der Waals surface area contributed by atoms with Gasteiger partial charge in [0.25, 0.3) is 0 Å². The third-order valence-electron chi connectivity index (χ3n) is 3.40. The summed E-state index contributed by atoms with van der Waals surface area (Å²) >= 11 is 0. The van der Waals surface area contributed by atoms with Crippen LogP contribution in [0.4, 0.5) is 11.4 Å². The van der Waals surface area contributed by atoms with Crippen molar-refractivity contribution >= 4 is 23.3 Å². The number of rotatable bonds is 2. The molecule has 0 aromatic heterocycles. The van der Waals surface area contributed by atoms with Crippen molar-refractivity contribution < 1.29 is 0 Å². The summed E-state index contributed by atoms with van der Waals surface area (Å²) < 4.78 is 0. The van der Waals surface area contributed by atoms with Gasteiger partial charge in [-0.15, -0.1) is 0 Å². The van der Waals surface area contributed by atoms with Crippen molar-refractivity contribution in [3.63, 3.8) is 0 Å². The third kappa shape index (κ3) is 3.69. The van der Waals surface area contributed by atoms with Gasteiger partial charge in [0.1, 0.15) is 0 Å². The van der Waals surface area contributed by atoms with Gasteiger partial charge in [-0.25, -0.2) is 0 Å². The smallest absolute Gasteiger partial charge is 0.200 e. The fourth-order valence-corrected chi connectivity index (χ4v) is 2.55. The summed E-state index contributed by atoms with van der Waals surface area (Å²) in [5.41, 5.74) is 2.14. The van der Waals surface area contributed by atoms with Gasteiger partial charge in [-0.2, -0.15) is 0 Å². The monoisotopic (exact) mass is 304 g/mol. The first-order chi connectivity index (χ1) is 10.3. The fourth-order valence-electron chi connectivity index (χ4n) is 2.55. The zero-order valence-corrected chi connectivity index (χ0v) is 15.0. The molecule has 0 bridgehead atoms. The lowest BCUT2D eigenvalue weighted by molar-refractivity contribution is 0.605. The normalized spacial score (nSPS) is 12.2. The predicted molar refractivity (Wildman–Crippen MR) is 97.3 cm³/mol. The van der Waals surface area contributed by atoms with Gasteiger partial charge in [0.15, 0.2) is 11.9 Å². The number of aliphatic imine (C=N–C) groups is 2. The molecule has 0 heterocycles. The topological polar surface area (TPSA) is 37.7 Å². The van der Waals surface area contributed by atoms with Gasteiger partial charge in [-0.1, -0.05) is 12.1 Å². The van der Waals surface area contributed by atoms with Gasteiger partial charge in [0, 0.05) is 56.4 Å². The van der Waals surface area contributed by atoms with Crippen molar-refractivity contribution in [2.75, 3.05) is 66.2 Å². The first kappa shape index (κ1) is 17.8. The molecule has 0 aliphatic rings. The number of benzene rings is 1. The quantitative estimate of drug-likeness (QED) is 0.615. The lowest BCUT2D eigenvalue weighted by Crippen LogP contribution is -2.41. The summed E-state index contributed by atoms with van der Waals surface area (Å²) in [7, 11) is 15.6. The molecule has 22 heavy (non-hydrogen) atoms. The van der Waals surface area contributed by atoms with Crippen molar-refractivity contribution in [1.82, 2.24) is 9.80 Å². The molecule has 0 amide bonds. The SMILES string of the molecule is CN=C(N(C)C)N(C)c1ccccc1N(C)C(=NC)N(C)C. The number of para-hydroxylation sites is 2. The van der Waals surface area contributed by atoms with Gasteiger partial charge < -0.3 is 19.6 Å². The van der Waals surface area contributed by atoms with E-state index in [4.69, 9.17) is 0 Å². The van der Waals surface area contributed by atoms with Crippen LogP contribution in [0.3, 0.4) is 0 Å². The number of anilines is 2. The Bertz CT molecular complexity index is 498. The Balaban J connectivity index is 3.31. The maximum Gasteiger partial charge on any atom is 0.200 e. The Labute approximate surface area is 134 Å². The van der Waals surface area contributed by atoms with Gasteiger partial charge in [0.05, 0.1) is 11.4 Å². The maximum atomic E-state index is 4.37. The molecule has 0 unspecified atom stereocenters. The fraction of sp³-hybridized carbons (Fsp3) is 0.500. The molecular formula is C16H28N6. The second kappa shape index (κ2) is 7.68. The Morgan fingerprint density at radius 3 is 1.23 bits per heavy atom. The summed E-state index contributed by atoms with van der Waals surface area (Å²) in [5, 5.41) is 0. The highest BCUT2D eigenvalue weighted by molar-refractivity contribution is 6.03. The van der Waals surface area contributed by atoms with Crippen molar-refractivity contribution in [2.24, 2.45) is 9.98 Å². The van der Waals surface area contributed by atoms with E-state index in [2.05, 4.69) is 31.9 Å². The lowest BCUT2D eigenvalue weighted by atomic mass is 10.2. The number of hydrogen-bond acceptors (Lipinski definition) is 2.